The van der Waals surface area contributed by atoms with Crippen LogP contribution in [0.2, 0.25) is 5.02 Å². The Morgan fingerprint density at radius 1 is 0.923 bits per heavy atom. The van der Waals surface area contributed by atoms with Crippen LogP contribution in [0.1, 0.15) is 23.3 Å². The van der Waals surface area contributed by atoms with Crippen molar-refractivity contribution in [3.05, 3.63) is 57.2 Å². The van der Waals surface area contributed by atoms with Gasteiger partial charge in [0, 0.05) is 48.9 Å². The topological polar surface area (TPSA) is 40.6 Å². The van der Waals surface area contributed by atoms with Gasteiger partial charge in [-0.25, -0.2) is 0 Å². The molecule has 1 aromatic carbocycles. The first-order chi connectivity index (χ1) is 12.6. The van der Waals surface area contributed by atoms with E-state index in [9.17, 15) is 9.59 Å². The fraction of sp³-hybridized carbons (Fsp3) is 0.400. The van der Waals surface area contributed by atoms with Crippen LogP contribution in [-0.4, -0.2) is 47.8 Å². The van der Waals surface area contributed by atoms with E-state index in [0.29, 0.717) is 50.5 Å². The van der Waals surface area contributed by atoms with Crippen LogP contribution in [0, 0.1) is 0 Å². The Kier molecular flexibility index (Phi) is 6.69. The van der Waals surface area contributed by atoms with Crippen LogP contribution in [0.4, 0.5) is 0 Å². The maximum absolute atomic E-state index is 12.4. The van der Waals surface area contributed by atoms with Crippen molar-refractivity contribution >= 4 is 34.8 Å². The number of carbonyl (C=O) groups excluding carboxylic acids is 2. The number of hydrogen-bond acceptors (Lipinski definition) is 3. The zero-order chi connectivity index (χ0) is 18.4. The molecule has 26 heavy (non-hydrogen) atoms. The summed E-state index contributed by atoms with van der Waals surface area (Å²) in [5.41, 5.74) is 1.08. The molecule has 6 heteroatoms. The Bertz CT molecular complexity index is 740. The maximum Gasteiger partial charge on any atom is 0.223 e. The SMILES string of the molecule is O=C(CCc1cccc(Cl)c1)N1CCN(C(=O)CCc2cccs2)CC1. The molecule has 138 valence electrons. The predicted molar refractivity (Wildman–Crippen MR) is 106 cm³/mol. The molecule has 0 radical (unpaired) electrons. The highest BCUT2D eigenvalue weighted by molar-refractivity contribution is 7.09. The molecule has 0 atom stereocenters. The summed E-state index contributed by atoms with van der Waals surface area (Å²) in [4.78, 5) is 29.7. The van der Waals surface area contributed by atoms with Crippen LogP contribution in [0.5, 0.6) is 0 Å². The van der Waals surface area contributed by atoms with Crippen molar-refractivity contribution in [2.75, 3.05) is 26.2 Å². The van der Waals surface area contributed by atoms with Crippen LogP contribution in [-0.2, 0) is 22.4 Å². The second-order valence-electron chi connectivity index (χ2n) is 6.47. The lowest BCUT2D eigenvalue weighted by atomic mass is 10.1. The monoisotopic (exact) mass is 390 g/mol. The van der Waals surface area contributed by atoms with Gasteiger partial charge in [-0.15, -0.1) is 11.3 Å². The molecule has 2 heterocycles. The van der Waals surface area contributed by atoms with Crippen molar-refractivity contribution in [1.29, 1.82) is 0 Å². The summed E-state index contributed by atoms with van der Waals surface area (Å²) in [5, 5.41) is 2.73. The highest BCUT2D eigenvalue weighted by Crippen LogP contribution is 2.15. The van der Waals surface area contributed by atoms with Gasteiger partial charge in [0.25, 0.3) is 0 Å². The Balaban J connectivity index is 1.39. The fourth-order valence-electron chi connectivity index (χ4n) is 3.15. The molecule has 1 saturated heterocycles. The van der Waals surface area contributed by atoms with Gasteiger partial charge in [0.15, 0.2) is 0 Å². The smallest absolute Gasteiger partial charge is 0.223 e. The molecule has 0 unspecified atom stereocenters. The van der Waals surface area contributed by atoms with Crippen LogP contribution < -0.4 is 0 Å². The molecule has 1 aliphatic heterocycles. The van der Waals surface area contributed by atoms with E-state index in [1.807, 2.05) is 45.5 Å². The number of thiophene rings is 1. The highest BCUT2D eigenvalue weighted by atomic mass is 35.5. The average molecular weight is 391 g/mol. The number of hydrogen-bond donors (Lipinski definition) is 0. The lowest BCUT2D eigenvalue weighted by Crippen LogP contribution is -2.50. The first-order valence-corrected chi connectivity index (χ1v) is 10.2. The molecule has 4 nitrogen and oxygen atoms in total. The van der Waals surface area contributed by atoms with Crippen LogP contribution >= 0.6 is 22.9 Å². The number of nitrogens with zero attached hydrogens (tertiary/aromatic N) is 2. The number of amides is 2. The van der Waals surface area contributed by atoms with Gasteiger partial charge in [0.2, 0.25) is 11.8 Å². The van der Waals surface area contributed by atoms with Crippen molar-refractivity contribution in [2.45, 2.75) is 25.7 Å². The summed E-state index contributed by atoms with van der Waals surface area (Å²) in [6.45, 7) is 2.51. The van der Waals surface area contributed by atoms with Gasteiger partial charge in [-0.2, -0.15) is 0 Å². The molecule has 3 rings (SSSR count). The van der Waals surface area contributed by atoms with Crippen LogP contribution in [0.15, 0.2) is 41.8 Å². The summed E-state index contributed by atoms with van der Waals surface area (Å²) < 4.78 is 0. The molecular formula is C20H23ClN2O2S. The minimum absolute atomic E-state index is 0.149. The standard InChI is InChI=1S/C20H23ClN2O2S/c21-17-4-1-3-16(15-17)6-8-19(24)22-10-12-23(13-11-22)20(25)9-7-18-5-2-14-26-18/h1-5,14-15H,6-13H2. The lowest BCUT2D eigenvalue weighted by Gasteiger charge is -2.35. The summed E-state index contributed by atoms with van der Waals surface area (Å²) >= 11 is 7.67. The molecule has 0 saturated carbocycles. The van der Waals surface area contributed by atoms with Crippen molar-refractivity contribution in [3.8, 4) is 0 Å². The molecule has 1 aromatic heterocycles. The van der Waals surface area contributed by atoms with Crippen molar-refractivity contribution < 1.29 is 9.59 Å². The van der Waals surface area contributed by atoms with E-state index in [-0.39, 0.29) is 11.8 Å². The van der Waals surface area contributed by atoms with Crippen molar-refractivity contribution in [2.24, 2.45) is 0 Å². The fourth-order valence-corrected chi connectivity index (χ4v) is 4.07. The molecule has 2 amide bonds. The van der Waals surface area contributed by atoms with Crippen molar-refractivity contribution in [1.82, 2.24) is 9.80 Å². The summed E-state index contributed by atoms with van der Waals surface area (Å²) in [6.07, 6.45) is 2.52. The molecule has 2 aromatic rings. The van der Waals surface area contributed by atoms with E-state index < -0.39 is 0 Å². The van der Waals surface area contributed by atoms with E-state index in [4.69, 9.17) is 11.6 Å². The quantitative estimate of drug-likeness (QED) is 0.755. The molecular weight excluding hydrogens is 368 g/mol. The first-order valence-electron chi connectivity index (χ1n) is 8.94. The van der Waals surface area contributed by atoms with E-state index in [1.165, 1.54) is 4.88 Å². The molecule has 1 aliphatic rings. The van der Waals surface area contributed by atoms with Gasteiger partial charge in [0.1, 0.15) is 0 Å². The van der Waals surface area contributed by atoms with Crippen LogP contribution in [0.25, 0.3) is 0 Å². The van der Waals surface area contributed by atoms with E-state index in [2.05, 4.69) is 6.07 Å². The average Bonchev–Trinajstić information content (AvgIpc) is 3.18. The van der Waals surface area contributed by atoms with Gasteiger partial charge < -0.3 is 9.80 Å². The summed E-state index contributed by atoms with van der Waals surface area (Å²) in [7, 11) is 0. The number of halogens is 1. The maximum atomic E-state index is 12.4. The molecule has 0 N–H and O–H groups in total. The molecule has 0 bridgehead atoms. The normalized spacial score (nSPS) is 14.5. The predicted octanol–water partition coefficient (Wildman–Crippen LogP) is 3.64. The minimum Gasteiger partial charge on any atom is -0.339 e. The number of benzene rings is 1. The third kappa shape index (κ3) is 5.32. The van der Waals surface area contributed by atoms with Gasteiger partial charge in [0.05, 0.1) is 0 Å². The summed E-state index contributed by atoms with van der Waals surface area (Å²) in [5.74, 6) is 0.333. The number of rotatable bonds is 6. The van der Waals surface area contributed by atoms with Gasteiger partial charge >= 0.3 is 0 Å². The van der Waals surface area contributed by atoms with Crippen molar-refractivity contribution in [3.63, 3.8) is 0 Å². The third-order valence-corrected chi connectivity index (χ3v) is 5.84. The summed E-state index contributed by atoms with van der Waals surface area (Å²) in [6, 6.07) is 11.7. The Hall–Kier alpha value is -1.85. The number of aryl methyl sites for hydroxylation is 2. The second kappa shape index (κ2) is 9.19. The Labute approximate surface area is 163 Å². The van der Waals surface area contributed by atoms with Crippen LogP contribution in [0.3, 0.4) is 0 Å². The Morgan fingerprint density at radius 2 is 1.58 bits per heavy atom. The van der Waals surface area contributed by atoms with Gasteiger partial charge in [-0.1, -0.05) is 29.8 Å². The third-order valence-electron chi connectivity index (χ3n) is 4.67. The molecule has 0 aliphatic carbocycles. The van der Waals surface area contributed by atoms with Gasteiger partial charge in [-0.3, -0.25) is 9.59 Å². The van der Waals surface area contributed by atoms with Gasteiger partial charge in [-0.05, 0) is 42.0 Å². The zero-order valence-corrected chi connectivity index (χ0v) is 16.3. The largest absolute Gasteiger partial charge is 0.339 e. The Morgan fingerprint density at radius 3 is 2.15 bits per heavy atom. The molecule has 1 fully saturated rings. The first kappa shape index (κ1) is 18.9. The minimum atomic E-state index is 0.149. The zero-order valence-electron chi connectivity index (χ0n) is 14.7. The second-order valence-corrected chi connectivity index (χ2v) is 7.94. The van der Waals surface area contributed by atoms with E-state index in [0.717, 1.165) is 12.0 Å². The van der Waals surface area contributed by atoms with E-state index in [1.54, 1.807) is 11.3 Å². The lowest BCUT2D eigenvalue weighted by molar-refractivity contribution is -0.139. The number of piperazine rings is 1. The molecule has 0 spiro atoms. The van der Waals surface area contributed by atoms with E-state index >= 15 is 0 Å². The highest BCUT2D eigenvalue weighted by Gasteiger charge is 2.23. The number of carbonyl (C=O) groups is 2.